The van der Waals surface area contributed by atoms with Crippen molar-refractivity contribution in [2.75, 3.05) is 0 Å². The summed E-state index contributed by atoms with van der Waals surface area (Å²) in [4.78, 5) is 0. The zero-order valence-electron chi connectivity index (χ0n) is 61.3. The maximum Gasteiger partial charge on any atom is 0 e. The molecule has 12 aliphatic carbocycles. The summed E-state index contributed by atoms with van der Waals surface area (Å²) < 4.78 is -0.280. The molecular formula is C88H106Sb5. The minimum atomic E-state index is -0.140. The molecule has 0 N–H and O–H groups in total. The third-order valence-electron chi connectivity index (χ3n) is 27.3. The smallest absolute Gasteiger partial charge is 0 e. The van der Waals surface area contributed by atoms with E-state index in [1.807, 2.05) is 46.0 Å². The van der Waals surface area contributed by atoms with Gasteiger partial charge in [-0.25, -0.2) is 0 Å². The van der Waals surface area contributed by atoms with E-state index in [2.05, 4.69) is 263 Å². The SMILES string of the molecule is CC1(C)C=CC(C)(C)c2cc3c(cc21)C1c2cc4c(cc2[C]3([Sb])c2cc3c(cc21)C(C)(C)CCC3(C)C)C(C)(C)CCC4(C)C.CC1(C)C=CC(C)(C)c2cc3c(cc21)C1c2cc4c(cc2[C]3([Sb])c2cc3c(cc21)C(C)(C)CCC3(C)C)C(C)(C)CCC4(C)C.[Sb].[Sb].[Sb]. The summed E-state index contributed by atoms with van der Waals surface area (Å²) in [7, 11) is 0. The van der Waals surface area contributed by atoms with Crippen molar-refractivity contribution < 1.29 is 0 Å². The molecule has 483 valence electrons. The second-order valence-corrected chi connectivity index (χ2v) is 42.7. The Morgan fingerprint density at radius 3 is 0.505 bits per heavy atom. The molecule has 4 bridgehead atoms. The minimum Gasteiger partial charge on any atom is 0 e. The Kier molecular flexibility index (Phi) is 16.6. The predicted molar refractivity (Wildman–Crippen MR) is 401 cm³/mol. The van der Waals surface area contributed by atoms with Crippen LogP contribution in [0.4, 0.5) is 0 Å². The van der Waals surface area contributed by atoms with Gasteiger partial charge >= 0.3 is 578 Å². The van der Waals surface area contributed by atoms with Crippen LogP contribution in [0.25, 0.3) is 0 Å². The van der Waals surface area contributed by atoms with Gasteiger partial charge in [-0.05, 0) is 0 Å². The van der Waals surface area contributed by atoms with Gasteiger partial charge in [-0.15, -0.1) is 0 Å². The van der Waals surface area contributed by atoms with E-state index in [1.54, 1.807) is 111 Å². The van der Waals surface area contributed by atoms with E-state index in [1.165, 1.54) is 73.6 Å². The predicted octanol–water partition coefficient (Wildman–Crippen LogP) is 20.4. The average molecular weight is 1770 g/mol. The van der Waals surface area contributed by atoms with E-state index in [-0.39, 0.29) is 157 Å². The first kappa shape index (κ1) is 71.7. The Hall–Kier alpha value is -1.11. The molecule has 93 heavy (non-hydrogen) atoms. The molecule has 0 unspecified atom stereocenters. The van der Waals surface area contributed by atoms with E-state index in [9.17, 15) is 0 Å². The van der Waals surface area contributed by atoms with Crippen LogP contribution in [0.2, 0.25) is 0 Å². The van der Waals surface area contributed by atoms with Crippen LogP contribution >= 0.6 is 0 Å². The molecule has 0 atom stereocenters. The minimum absolute atomic E-state index is 0. The van der Waals surface area contributed by atoms with Gasteiger partial charge in [-0.2, -0.15) is 0 Å². The first-order valence-corrected chi connectivity index (χ1v) is 37.8. The van der Waals surface area contributed by atoms with Crippen LogP contribution in [0.15, 0.2) is 97.1 Å². The molecule has 0 amide bonds. The quantitative estimate of drug-likeness (QED) is 0.105. The zero-order chi connectivity index (χ0) is 65.0. The van der Waals surface area contributed by atoms with Crippen LogP contribution in [0, 0.1) is 0 Å². The fraction of sp³-hybridized carbons (Fsp3) is 0.545. The Labute approximate surface area is 643 Å². The first-order valence-electron chi connectivity index (χ1n) is 35.3. The number of hydrogen-bond donors (Lipinski definition) is 0. The van der Waals surface area contributed by atoms with Crippen LogP contribution in [0.3, 0.4) is 0 Å². The van der Waals surface area contributed by atoms with Gasteiger partial charge < -0.3 is 0 Å². The maximum absolute atomic E-state index is 2.73. The average Bonchev–Trinajstić information content (AvgIpc) is 0.670. The third kappa shape index (κ3) is 9.93. The van der Waals surface area contributed by atoms with Crippen molar-refractivity contribution in [2.45, 2.75) is 301 Å². The molecule has 6 aromatic rings. The first-order chi connectivity index (χ1) is 41.2. The van der Waals surface area contributed by atoms with Gasteiger partial charge in [0.1, 0.15) is 0 Å². The van der Waals surface area contributed by atoms with Gasteiger partial charge in [0.25, 0.3) is 0 Å². The number of benzene rings is 6. The van der Waals surface area contributed by atoms with Crippen molar-refractivity contribution in [1.29, 1.82) is 0 Å². The van der Waals surface area contributed by atoms with Crippen LogP contribution in [-0.2, 0) is 71.7 Å². The molecule has 0 aliphatic heterocycles. The molecule has 0 saturated carbocycles. The molecule has 0 fully saturated rings. The van der Waals surface area contributed by atoms with Gasteiger partial charge in [-0.1, -0.05) is 0 Å². The summed E-state index contributed by atoms with van der Waals surface area (Å²) in [6.07, 6.45) is 19.9. The number of hydrogen-bond acceptors (Lipinski definition) is 0. The topological polar surface area (TPSA) is 0 Å². The van der Waals surface area contributed by atoms with Crippen LogP contribution in [-0.4, -0.2) is 119 Å². The molecule has 12 aliphatic rings. The standard InChI is InChI=1S/2C44H53.5Sb/c2*1-39(2)13-14-40(3,4)32-20-26-25(19-31(32)39)37-27-21-33-35(43(9,10)17-15-41(33,5)6)23-29(27)38(26)30-24-36-34(22-28(30)37)42(7,8)16-18-44(36,11)12;;;;;/h2*13-14,19-24,37H,15-18H2,1-12H3;;;;;. The van der Waals surface area contributed by atoms with Crippen molar-refractivity contribution >= 4 is 119 Å². The third-order valence-corrected chi connectivity index (χ3v) is 31.4. The van der Waals surface area contributed by atoms with Gasteiger partial charge in [0, 0.05) is 73.3 Å². The molecule has 0 spiro atoms. The van der Waals surface area contributed by atoms with Crippen molar-refractivity contribution in [3.05, 3.63) is 231 Å². The van der Waals surface area contributed by atoms with Crippen molar-refractivity contribution in [3.63, 3.8) is 0 Å². The summed E-state index contributed by atoms with van der Waals surface area (Å²) in [5, 5.41) is 0. The van der Waals surface area contributed by atoms with Crippen LogP contribution < -0.4 is 0 Å². The molecule has 0 saturated heterocycles. The molecule has 0 nitrogen and oxygen atoms in total. The fourth-order valence-electron chi connectivity index (χ4n) is 20.3. The summed E-state index contributed by atoms with van der Waals surface area (Å²) in [5.74, 6) is 0.570. The van der Waals surface area contributed by atoms with E-state index < -0.39 is 0 Å². The number of rotatable bonds is 0. The molecule has 5 heteroatoms. The van der Waals surface area contributed by atoms with Crippen molar-refractivity contribution in [1.82, 2.24) is 0 Å². The van der Waals surface area contributed by atoms with E-state index in [4.69, 9.17) is 0 Å². The Balaban J connectivity index is 0.000000173. The van der Waals surface area contributed by atoms with Crippen LogP contribution in [0.5, 0.6) is 0 Å². The molecule has 18 rings (SSSR count). The van der Waals surface area contributed by atoms with Gasteiger partial charge in [-0.3, -0.25) is 0 Å². The molecule has 0 heterocycles. The van der Waals surface area contributed by atoms with Gasteiger partial charge in [0.2, 0.25) is 0 Å². The summed E-state index contributed by atoms with van der Waals surface area (Å²) in [5.41, 5.74) is 39.7. The zero-order valence-corrected chi connectivity index (χ0v) is 74.0. The molecule has 0 aromatic heterocycles. The number of fused-ring (bicyclic) bond motifs is 6. The monoisotopic (exact) mass is 1770 g/mol. The second kappa shape index (κ2) is 21.5. The summed E-state index contributed by atoms with van der Waals surface area (Å²) in [6, 6.07) is 32.5. The van der Waals surface area contributed by atoms with E-state index in [0.717, 1.165) is 0 Å². The van der Waals surface area contributed by atoms with E-state index >= 15 is 0 Å². The van der Waals surface area contributed by atoms with Crippen LogP contribution in [0.1, 0.15) is 363 Å². The molecule has 6 aromatic carbocycles. The summed E-state index contributed by atoms with van der Waals surface area (Å²) in [6.45, 7) is 59.3. The fourth-order valence-corrected chi connectivity index (χ4v) is 23.6. The Morgan fingerprint density at radius 1 is 0.204 bits per heavy atom. The second-order valence-electron chi connectivity index (χ2n) is 38.8. The maximum atomic E-state index is 2.73. The van der Waals surface area contributed by atoms with Crippen molar-refractivity contribution in [3.8, 4) is 0 Å². The normalized spacial score (nSPS) is 28.1. The van der Waals surface area contributed by atoms with Gasteiger partial charge in [0.15, 0.2) is 0 Å². The number of allylic oxidation sites excluding steroid dienone is 4. The van der Waals surface area contributed by atoms with Gasteiger partial charge in [0.05, 0.1) is 0 Å². The largest absolute Gasteiger partial charge is 0 e. The van der Waals surface area contributed by atoms with Crippen molar-refractivity contribution in [2.24, 2.45) is 0 Å². The molecular weight excluding hydrogens is 1670 g/mol. The van der Waals surface area contributed by atoms with E-state index in [0.29, 0.717) is 0 Å². The summed E-state index contributed by atoms with van der Waals surface area (Å²) >= 11 is 4.08. The Bertz CT molecular complexity index is 3850. The molecule has 13 radical (unpaired) electrons. The Morgan fingerprint density at radius 2 is 0.333 bits per heavy atom.